The Bertz CT molecular complexity index is 4070. The number of hydrogen-bond donors (Lipinski definition) is 1. The van der Waals surface area contributed by atoms with Crippen LogP contribution < -0.4 is 0 Å². The van der Waals surface area contributed by atoms with Crippen LogP contribution in [0.5, 0.6) is 5.75 Å². The molecule has 3 heterocycles. The van der Waals surface area contributed by atoms with E-state index in [2.05, 4.69) is 218 Å². The quantitative estimate of drug-likeness (QED) is 0.181. The molecule has 0 aliphatic rings. The lowest BCUT2D eigenvalue weighted by Gasteiger charge is -2.27. The molecule has 75 heavy (non-hydrogen) atoms. The molecule has 382 valence electrons. The van der Waals surface area contributed by atoms with Crippen LogP contribution in [0, 0.1) is 13.7 Å². The van der Waals surface area contributed by atoms with Gasteiger partial charge in [-0.25, -0.2) is 4.98 Å². The van der Waals surface area contributed by atoms with Gasteiger partial charge in [0, 0.05) is 53.3 Å². The highest BCUT2D eigenvalue weighted by Gasteiger charge is 2.28. The average molecular weight is 995 g/mol. The second kappa shape index (κ2) is 18.0. The smallest absolute Gasteiger partial charge is 0.149 e. The zero-order chi connectivity index (χ0) is 58.9. The van der Waals surface area contributed by atoms with Gasteiger partial charge in [0.25, 0.3) is 0 Å². The molecule has 0 saturated heterocycles. The highest BCUT2D eigenvalue weighted by Crippen LogP contribution is 2.46. The van der Waals surface area contributed by atoms with Gasteiger partial charge in [-0.1, -0.05) is 158 Å². The molecular weight excluding hydrogens is 913 g/mol. The standard InChI is InChI=1S/C70H76N4O/c1-42-30-43(2)64(75)58(31-42)65-72-62-54(24-21-25-61(62)74(65)53-37-49(68(9,10)11)36-50(38-53)69(12,13)14)45-32-46(34-48(33-45)67(6,7)8)59-35-44(28-29-71-59)55-40-51(70(15,16)17)41-57-56-39-47(66(3,4)5)26-27-60(56)73(63(55)57)52-22-19-18-20-23-52/h18-41,75H,1-17H3/i1D3,2D3. The molecule has 10 aromatic rings. The molecule has 0 bridgehead atoms. The van der Waals surface area contributed by atoms with Crippen molar-refractivity contribution in [2.45, 2.75) is 145 Å². The highest BCUT2D eigenvalue weighted by atomic mass is 16.3. The van der Waals surface area contributed by atoms with Gasteiger partial charge in [-0.3, -0.25) is 9.55 Å². The number of benzene rings is 7. The van der Waals surface area contributed by atoms with Crippen molar-refractivity contribution in [3.05, 3.63) is 185 Å². The minimum Gasteiger partial charge on any atom is -0.507 e. The number of hydrogen-bond acceptors (Lipinski definition) is 3. The molecule has 5 heteroatoms. The molecule has 10 rings (SSSR count). The van der Waals surface area contributed by atoms with Crippen molar-refractivity contribution >= 4 is 32.8 Å². The molecule has 0 saturated carbocycles. The summed E-state index contributed by atoms with van der Waals surface area (Å²) in [6.07, 6.45) is 1.91. The summed E-state index contributed by atoms with van der Waals surface area (Å²) in [6.45, 7) is 27.7. The van der Waals surface area contributed by atoms with Crippen molar-refractivity contribution in [2.75, 3.05) is 0 Å². The summed E-state index contributed by atoms with van der Waals surface area (Å²) in [5, 5.41) is 14.6. The number of nitrogens with zero attached hydrogens (tertiary/aromatic N) is 4. The number of imidazole rings is 1. The van der Waals surface area contributed by atoms with E-state index in [1.807, 2.05) is 29.0 Å². The van der Waals surface area contributed by atoms with E-state index in [9.17, 15) is 5.11 Å². The van der Waals surface area contributed by atoms with Crippen molar-refractivity contribution in [2.24, 2.45) is 0 Å². The normalized spacial score (nSPS) is 14.4. The Morgan fingerprint density at radius 3 is 1.71 bits per heavy atom. The van der Waals surface area contributed by atoms with Crippen LogP contribution in [-0.2, 0) is 27.1 Å². The Balaban J connectivity index is 1.25. The van der Waals surface area contributed by atoms with E-state index < -0.39 is 25.0 Å². The van der Waals surface area contributed by atoms with E-state index in [4.69, 9.17) is 18.2 Å². The number of fused-ring (bicyclic) bond motifs is 4. The number of phenolic OH excluding ortho intramolecular Hbond substituents is 1. The van der Waals surface area contributed by atoms with E-state index in [1.54, 1.807) is 0 Å². The molecule has 0 aliphatic carbocycles. The van der Waals surface area contributed by atoms with Gasteiger partial charge in [-0.2, -0.15) is 0 Å². The number of para-hydroxylation sites is 2. The molecule has 0 amide bonds. The zero-order valence-electron chi connectivity index (χ0n) is 52.6. The van der Waals surface area contributed by atoms with Crippen molar-refractivity contribution in [3.8, 4) is 62.0 Å². The van der Waals surface area contributed by atoms with E-state index >= 15 is 0 Å². The number of aromatic hydroxyl groups is 1. The van der Waals surface area contributed by atoms with Gasteiger partial charge in [0.1, 0.15) is 11.6 Å². The molecule has 0 spiro atoms. The third-order valence-electron chi connectivity index (χ3n) is 15.0. The zero-order valence-corrected chi connectivity index (χ0v) is 46.6. The molecular formula is C70H76N4O. The van der Waals surface area contributed by atoms with Gasteiger partial charge in [-0.15, -0.1) is 0 Å². The Morgan fingerprint density at radius 1 is 0.440 bits per heavy atom. The predicted molar refractivity (Wildman–Crippen MR) is 320 cm³/mol. The largest absolute Gasteiger partial charge is 0.507 e. The van der Waals surface area contributed by atoms with Crippen molar-refractivity contribution in [1.82, 2.24) is 19.1 Å². The maximum absolute atomic E-state index is 12.2. The summed E-state index contributed by atoms with van der Waals surface area (Å²) in [4.78, 5) is 10.6. The van der Waals surface area contributed by atoms with E-state index in [0.29, 0.717) is 11.0 Å². The molecule has 0 unspecified atom stereocenters. The molecule has 0 aliphatic heterocycles. The molecule has 7 aromatic carbocycles. The first kappa shape index (κ1) is 44.1. The van der Waals surface area contributed by atoms with Gasteiger partial charge in [0.15, 0.2) is 0 Å². The Hall–Kier alpha value is -7.24. The molecule has 1 N–H and O–H groups in total. The lowest BCUT2D eigenvalue weighted by molar-refractivity contribution is 0.472. The topological polar surface area (TPSA) is 55.9 Å². The second-order valence-electron chi connectivity index (χ2n) is 25.9. The number of aryl methyl sites for hydroxylation is 2. The summed E-state index contributed by atoms with van der Waals surface area (Å²) in [5.74, 6) is -0.332. The van der Waals surface area contributed by atoms with Crippen LogP contribution in [0.2, 0.25) is 0 Å². The SMILES string of the molecule is [2H]C([2H])([2H])c1cc(-c2nc3c(-c4cc(-c5cc(-c6cc(C(C)(C)C)cc7c8cc(C(C)(C)C)ccc8n(-c8ccccc8)c67)ccn5)cc(C(C)(C)C)c4)cccc3n2-c2cc(C(C)(C)C)cc(C(C)(C)C)c2)c(O)c(C([2H])([2H])[2H])c1. The Morgan fingerprint density at radius 2 is 1.07 bits per heavy atom. The van der Waals surface area contributed by atoms with Gasteiger partial charge in [0.05, 0.1) is 33.3 Å². The fraction of sp³-hybridized carbons (Fsp3) is 0.314. The number of pyridine rings is 1. The van der Waals surface area contributed by atoms with Gasteiger partial charge >= 0.3 is 0 Å². The number of rotatable bonds is 6. The summed E-state index contributed by atoms with van der Waals surface area (Å²) in [6, 6.07) is 48.2. The third kappa shape index (κ3) is 9.49. The fourth-order valence-corrected chi connectivity index (χ4v) is 10.4. The summed E-state index contributed by atoms with van der Waals surface area (Å²) < 4.78 is 55.3. The molecule has 5 nitrogen and oxygen atoms in total. The lowest BCUT2D eigenvalue weighted by atomic mass is 9.80. The molecule has 0 atom stereocenters. The monoisotopic (exact) mass is 995 g/mol. The van der Waals surface area contributed by atoms with Crippen molar-refractivity contribution in [3.63, 3.8) is 0 Å². The molecule has 0 radical (unpaired) electrons. The average Bonchev–Trinajstić information content (AvgIpc) is 3.93. The Labute approximate surface area is 454 Å². The first-order chi connectivity index (χ1) is 37.5. The van der Waals surface area contributed by atoms with Crippen molar-refractivity contribution < 1.29 is 13.3 Å². The van der Waals surface area contributed by atoms with Gasteiger partial charge < -0.3 is 9.67 Å². The van der Waals surface area contributed by atoms with Crippen LogP contribution >= 0.6 is 0 Å². The van der Waals surface area contributed by atoms with Crippen LogP contribution in [0.25, 0.3) is 89.1 Å². The van der Waals surface area contributed by atoms with Crippen LogP contribution in [0.3, 0.4) is 0 Å². The van der Waals surface area contributed by atoms with Crippen LogP contribution in [-0.4, -0.2) is 24.2 Å². The summed E-state index contributed by atoms with van der Waals surface area (Å²) >= 11 is 0. The first-order valence-electron chi connectivity index (χ1n) is 29.4. The van der Waals surface area contributed by atoms with Gasteiger partial charge in [0.2, 0.25) is 0 Å². The maximum Gasteiger partial charge on any atom is 0.149 e. The van der Waals surface area contributed by atoms with E-state index in [-0.39, 0.29) is 44.0 Å². The van der Waals surface area contributed by atoms with Gasteiger partial charge in [-0.05, 0) is 176 Å². The first-order valence-corrected chi connectivity index (χ1v) is 26.4. The minimum atomic E-state index is -2.83. The fourth-order valence-electron chi connectivity index (χ4n) is 10.4. The lowest BCUT2D eigenvalue weighted by Crippen LogP contribution is -2.17. The van der Waals surface area contributed by atoms with E-state index in [1.165, 1.54) is 28.0 Å². The number of aromatic nitrogens is 4. The van der Waals surface area contributed by atoms with Crippen LogP contribution in [0.4, 0.5) is 0 Å². The third-order valence-corrected chi connectivity index (χ3v) is 15.0. The second-order valence-corrected chi connectivity index (χ2v) is 25.9. The van der Waals surface area contributed by atoms with Crippen LogP contribution in [0.1, 0.15) is 151 Å². The molecule has 0 fully saturated rings. The summed E-state index contributed by atoms with van der Waals surface area (Å²) in [7, 11) is 0. The van der Waals surface area contributed by atoms with Crippen LogP contribution in [0.15, 0.2) is 146 Å². The minimum absolute atomic E-state index is 0.00565. The Kier molecular flexibility index (Phi) is 10.6. The predicted octanol–water partition coefficient (Wildman–Crippen LogP) is 19.0. The highest BCUT2D eigenvalue weighted by molar-refractivity contribution is 6.14. The molecule has 3 aromatic heterocycles. The van der Waals surface area contributed by atoms with Crippen molar-refractivity contribution in [1.29, 1.82) is 0 Å². The number of phenols is 1. The maximum atomic E-state index is 12.2. The van der Waals surface area contributed by atoms with E-state index in [0.717, 1.165) is 78.7 Å². The summed E-state index contributed by atoms with van der Waals surface area (Å²) in [5.41, 5.74) is 14.9.